The second-order valence-electron chi connectivity index (χ2n) is 2.41. The summed E-state index contributed by atoms with van der Waals surface area (Å²) in [7, 11) is 1.55. The van der Waals surface area contributed by atoms with Crippen LogP contribution in [0.3, 0.4) is 0 Å². The molecule has 0 saturated carbocycles. The SMILES string of the molecule is CN(C(=O)Cl)c1ccc(Cl)c(Cl)c1. The molecule has 2 nitrogen and oxygen atoms in total. The molecule has 0 heterocycles. The van der Waals surface area contributed by atoms with E-state index in [1.807, 2.05) is 0 Å². The number of anilines is 1. The molecule has 1 amide bonds. The Bertz CT molecular complexity index is 340. The molecule has 0 fully saturated rings. The predicted octanol–water partition coefficient (Wildman–Crippen LogP) is 3.79. The molecule has 1 aromatic rings. The van der Waals surface area contributed by atoms with Gasteiger partial charge in [-0.3, -0.25) is 4.79 Å². The average Bonchev–Trinajstić information content (AvgIpc) is 2.08. The van der Waals surface area contributed by atoms with E-state index in [0.717, 1.165) is 0 Å². The Morgan fingerprint density at radius 2 is 1.92 bits per heavy atom. The summed E-state index contributed by atoms with van der Waals surface area (Å²) in [6, 6.07) is 4.84. The minimum absolute atomic E-state index is 0.393. The molecule has 0 unspecified atom stereocenters. The molecule has 1 rings (SSSR count). The first-order valence-electron chi connectivity index (χ1n) is 3.40. The van der Waals surface area contributed by atoms with E-state index in [0.29, 0.717) is 15.7 Å². The molecule has 0 bridgehead atoms. The molecule has 70 valence electrons. The highest BCUT2D eigenvalue weighted by Crippen LogP contribution is 2.26. The van der Waals surface area contributed by atoms with Crippen LogP contribution in [0.15, 0.2) is 18.2 Å². The van der Waals surface area contributed by atoms with Crippen molar-refractivity contribution in [1.29, 1.82) is 0 Å². The summed E-state index contributed by atoms with van der Waals surface area (Å²) in [6.45, 7) is 0. The van der Waals surface area contributed by atoms with E-state index in [1.54, 1.807) is 25.2 Å². The number of halogens is 3. The van der Waals surface area contributed by atoms with Crippen molar-refractivity contribution < 1.29 is 4.79 Å². The monoisotopic (exact) mass is 237 g/mol. The summed E-state index contributed by atoms with van der Waals surface area (Å²) in [5.74, 6) is 0. The highest BCUT2D eigenvalue weighted by molar-refractivity contribution is 6.66. The van der Waals surface area contributed by atoms with Crippen LogP contribution >= 0.6 is 34.8 Å². The molecule has 0 aliphatic heterocycles. The quantitative estimate of drug-likeness (QED) is 0.538. The van der Waals surface area contributed by atoms with Gasteiger partial charge in [0, 0.05) is 12.7 Å². The van der Waals surface area contributed by atoms with Gasteiger partial charge in [0.2, 0.25) is 0 Å². The van der Waals surface area contributed by atoms with Crippen LogP contribution in [0, 0.1) is 0 Å². The maximum Gasteiger partial charge on any atom is 0.320 e. The minimum Gasteiger partial charge on any atom is -0.302 e. The van der Waals surface area contributed by atoms with Crippen LogP contribution in [0.1, 0.15) is 0 Å². The minimum atomic E-state index is -0.571. The van der Waals surface area contributed by atoms with Gasteiger partial charge in [0.1, 0.15) is 0 Å². The fourth-order valence-electron chi connectivity index (χ4n) is 0.795. The van der Waals surface area contributed by atoms with Crippen molar-refractivity contribution in [2.24, 2.45) is 0 Å². The maximum atomic E-state index is 10.8. The Morgan fingerprint density at radius 1 is 1.31 bits per heavy atom. The van der Waals surface area contributed by atoms with Crippen LogP contribution in [-0.2, 0) is 0 Å². The number of hydrogen-bond acceptors (Lipinski definition) is 1. The molecule has 13 heavy (non-hydrogen) atoms. The van der Waals surface area contributed by atoms with Gasteiger partial charge in [-0.1, -0.05) is 23.2 Å². The first-order chi connectivity index (χ1) is 6.02. The van der Waals surface area contributed by atoms with Crippen molar-refractivity contribution in [1.82, 2.24) is 0 Å². The molecule has 0 aromatic heterocycles. The molecular weight excluding hydrogens is 232 g/mol. The van der Waals surface area contributed by atoms with Crippen LogP contribution in [0.5, 0.6) is 0 Å². The number of carbonyl (C=O) groups excluding carboxylic acids is 1. The van der Waals surface area contributed by atoms with Crippen LogP contribution in [-0.4, -0.2) is 12.4 Å². The molecule has 0 atom stereocenters. The van der Waals surface area contributed by atoms with Gasteiger partial charge in [0.05, 0.1) is 10.0 Å². The number of nitrogens with zero attached hydrogens (tertiary/aromatic N) is 1. The summed E-state index contributed by atoms with van der Waals surface area (Å²) in [5, 5.41) is 0.267. The molecule has 0 saturated heterocycles. The van der Waals surface area contributed by atoms with Gasteiger partial charge in [-0.25, -0.2) is 0 Å². The van der Waals surface area contributed by atoms with E-state index in [4.69, 9.17) is 34.8 Å². The number of carbonyl (C=O) groups is 1. The average molecular weight is 239 g/mol. The van der Waals surface area contributed by atoms with Gasteiger partial charge in [-0.15, -0.1) is 0 Å². The summed E-state index contributed by atoms with van der Waals surface area (Å²) in [4.78, 5) is 12.0. The second-order valence-corrected chi connectivity index (χ2v) is 3.55. The topological polar surface area (TPSA) is 20.3 Å². The van der Waals surface area contributed by atoms with Crippen LogP contribution in [0.25, 0.3) is 0 Å². The first kappa shape index (κ1) is 10.6. The van der Waals surface area contributed by atoms with Crippen molar-refractivity contribution >= 4 is 45.9 Å². The largest absolute Gasteiger partial charge is 0.320 e. The maximum absolute atomic E-state index is 10.8. The zero-order valence-electron chi connectivity index (χ0n) is 6.72. The number of amides is 1. The highest BCUT2D eigenvalue weighted by Gasteiger charge is 2.08. The van der Waals surface area contributed by atoms with E-state index < -0.39 is 5.37 Å². The summed E-state index contributed by atoms with van der Waals surface area (Å²) in [5.41, 5.74) is 0.606. The Balaban J connectivity index is 3.03. The van der Waals surface area contributed by atoms with Crippen LogP contribution in [0.2, 0.25) is 10.0 Å². The Hall–Kier alpha value is -0.440. The smallest absolute Gasteiger partial charge is 0.302 e. The van der Waals surface area contributed by atoms with Crippen molar-refractivity contribution in [3.05, 3.63) is 28.2 Å². The first-order valence-corrected chi connectivity index (χ1v) is 4.54. The third-order valence-electron chi connectivity index (χ3n) is 1.55. The molecule has 1 aromatic carbocycles. The van der Waals surface area contributed by atoms with Gasteiger partial charge < -0.3 is 4.90 Å². The van der Waals surface area contributed by atoms with E-state index in [1.165, 1.54) is 4.90 Å². The zero-order valence-corrected chi connectivity index (χ0v) is 8.99. The van der Waals surface area contributed by atoms with Crippen LogP contribution in [0.4, 0.5) is 10.5 Å². The molecule has 0 aliphatic carbocycles. The van der Waals surface area contributed by atoms with E-state index in [-0.39, 0.29) is 0 Å². The van der Waals surface area contributed by atoms with Crippen molar-refractivity contribution in [3.63, 3.8) is 0 Å². The normalized spacial score (nSPS) is 9.85. The lowest BCUT2D eigenvalue weighted by Gasteiger charge is -2.13. The Labute approximate surface area is 91.0 Å². The van der Waals surface area contributed by atoms with Gasteiger partial charge in [-0.2, -0.15) is 0 Å². The van der Waals surface area contributed by atoms with Gasteiger partial charge in [0.15, 0.2) is 0 Å². The molecular formula is C8H6Cl3NO. The predicted molar refractivity (Wildman–Crippen MR) is 56.1 cm³/mol. The lowest BCUT2D eigenvalue weighted by molar-refractivity contribution is 0.265. The molecule has 0 N–H and O–H groups in total. The molecule has 0 aliphatic rings. The fraction of sp³-hybridized carbons (Fsp3) is 0.125. The third-order valence-corrected chi connectivity index (χ3v) is 2.55. The highest BCUT2D eigenvalue weighted by atomic mass is 35.5. The molecule has 5 heteroatoms. The lowest BCUT2D eigenvalue weighted by atomic mass is 10.3. The Kier molecular flexibility index (Phi) is 3.42. The molecule has 0 spiro atoms. The lowest BCUT2D eigenvalue weighted by Crippen LogP contribution is -2.19. The van der Waals surface area contributed by atoms with Crippen molar-refractivity contribution in [2.75, 3.05) is 11.9 Å². The summed E-state index contributed by atoms with van der Waals surface area (Å²) >= 11 is 16.7. The van der Waals surface area contributed by atoms with Gasteiger partial charge >= 0.3 is 5.37 Å². The summed E-state index contributed by atoms with van der Waals surface area (Å²) in [6.07, 6.45) is 0. The number of rotatable bonds is 1. The number of benzene rings is 1. The van der Waals surface area contributed by atoms with Crippen molar-refractivity contribution in [3.8, 4) is 0 Å². The summed E-state index contributed by atoms with van der Waals surface area (Å²) < 4.78 is 0. The van der Waals surface area contributed by atoms with Gasteiger partial charge in [-0.05, 0) is 29.8 Å². The van der Waals surface area contributed by atoms with E-state index >= 15 is 0 Å². The third kappa shape index (κ3) is 2.50. The van der Waals surface area contributed by atoms with Crippen molar-refractivity contribution in [2.45, 2.75) is 0 Å². The van der Waals surface area contributed by atoms with Crippen LogP contribution < -0.4 is 4.90 Å². The standard InChI is InChI=1S/C8H6Cl3NO/c1-12(8(11)13)5-2-3-6(9)7(10)4-5/h2-4H,1H3. The Morgan fingerprint density at radius 3 is 2.38 bits per heavy atom. The second kappa shape index (κ2) is 4.18. The van der Waals surface area contributed by atoms with E-state index in [9.17, 15) is 4.79 Å². The number of hydrogen-bond donors (Lipinski definition) is 0. The van der Waals surface area contributed by atoms with E-state index in [2.05, 4.69) is 0 Å². The molecule has 0 radical (unpaired) electrons. The van der Waals surface area contributed by atoms with Gasteiger partial charge in [0.25, 0.3) is 0 Å². The fourth-order valence-corrected chi connectivity index (χ4v) is 1.19. The zero-order chi connectivity index (χ0) is 10.0.